The molecule has 0 heterocycles. The minimum Gasteiger partial charge on any atom is -0.308 e. The molecule has 0 bridgehead atoms. The van der Waals surface area contributed by atoms with Gasteiger partial charge in [-0.15, -0.1) is 0 Å². The zero-order valence-corrected chi connectivity index (χ0v) is 19.6. The topological polar surface area (TPSA) is 69.7 Å². The first-order valence-electron chi connectivity index (χ1n) is 9.64. The van der Waals surface area contributed by atoms with Crippen molar-refractivity contribution in [2.75, 3.05) is 13.2 Å². The third-order valence-corrected chi connectivity index (χ3v) is 12.7. The molecule has 5 nitrogen and oxygen atoms in total. The van der Waals surface area contributed by atoms with E-state index in [-0.39, 0.29) is 19.6 Å². The Labute approximate surface area is 177 Å². The summed E-state index contributed by atoms with van der Waals surface area (Å²) in [6, 6.07) is 14.6. The fraction of sp³-hybridized carbons (Fsp3) is 0.429. The van der Waals surface area contributed by atoms with E-state index < -0.39 is 38.9 Å². The Hall–Kier alpha value is -1.11. The Morgan fingerprint density at radius 2 is 1.34 bits per heavy atom. The van der Waals surface area contributed by atoms with E-state index in [4.69, 9.17) is 9.05 Å². The summed E-state index contributed by atoms with van der Waals surface area (Å²) in [6.45, 7) is 7.67. The van der Waals surface area contributed by atoms with Gasteiger partial charge < -0.3 is 9.05 Å². The molecule has 1 fully saturated rings. The lowest BCUT2D eigenvalue weighted by atomic mass is 10.2. The van der Waals surface area contributed by atoms with E-state index in [1.165, 1.54) is 0 Å². The van der Waals surface area contributed by atoms with Gasteiger partial charge in [-0.25, -0.2) is 0 Å². The van der Waals surface area contributed by atoms with Gasteiger partial charge in [0, 0.05) is 9.79 Å². The maximum atomic E-state index is 13.8. The Kier molecular flexibility index (Phi) is 6.96. The molecule has 0 radical (unpaired) electrons. The molecule has 1 aliphatic rings. The van der Waals surface area contributed by atoms with Gasteiger partial charge in [0.1, 0.15) is 0 Å². The highest BCUT2D eigenvalue weighted by Gasteiger charge is 2.74. The van der Waals surface area contributed by atoms with E-state index in [1.54, 1.807) is 38.1 Å². The van der Waals surface area contributed by atoms with Crippen LogP contribution in [0.4, 0.5) is 0 Å². The number of aryl methyl sites for hydroxylation is 2. The number of benzene rings is 2. The summed E-state index contributed by atoms with van der Waals surface area (Å²) in [5, 5.41) is -0.573. The Bertz CT molecular complexity index is 948. The minimum atomic E-state index is -3.78. The van der Waals surface area contributed by atoms with Crippen LogP contribution in [-0.2, 0) is 35.2 Å². The zero-order chi connectivity index (χ0) is 21.2. The highest BCUT2D eigenvalue weighted by atomic mass is 32.2. The highest BCUT2D eigenvalue weighted by molar-refractivity contribution is 7.98. The molecular weight excluding hydrogens is 427 g/mol. The molecule has 0 aromatic heterocycles. The van der Waals surface area contributed by atoms with Gasteiger partial charge in [-0.3, -0.25) is 13.0 Å². The van der Waals surface area contributed by atoms with Crippen LogP contribution in [0.5, 0.6) is 0 Å². The van der Waals surface area contributed by atoms with Crippen LogP contribution >= 0.6 is 7.60 Å². The van der Waals surface area contributed by atoms with Gasteiger partial charge in [0.25, 0.3) is 0 Å². The second kappa shape index (κ2) is 8.94. The van der Waals surface area contributed by atoms with Crippen LogP contribution in [0.1, 0.15) is 31.4 Å². The van der Waals surface area contributed by atoms with Crippen LogP contribution in [0.15, 0.2) is 58.3 Å². The summed E-state index contributed by atoms with van der Waals surface area (Å²) >= 11 is 0. The van der Waals surface area contributed by atoms with Gasteiger partial charge in [-0.1, -0.05) is 35.4 Å². The van der Waals surface area contributed by atoms with E-state index in [1.807, 2.05) is 38.1 Å². The fourth-order valence-electron chi connectivity index (χ4n) is 3.33. The Balaban J connectivity index is 2.05. The Morgan fingerprint density at radius 1 is 0.897 bits per heavy atom. The summed E-state index contributed by atoms with van der Waals surface area (Å²) in [6.07, 6.45) is 0.255. The normalized spacial score (nSPS) is 23.5. The number of hydrogen-bond acceptors (Lipinski definition) is 5. The molecule has 29 heavy (non-hydrogen) atoms. The van der Waals surface area contributed by atoms with E-state index in [9.17, 15) is 13.0 Å². The molecule has 0 spiro atoms. The predicted octanol–water partition coefficient (Wildman–Crippen LogP) is 4.95. The lowest BCUT2D eigenvalue weighted by Crippen LogP contribution is -2.27. The lowest BCUT2D eigenvalue weighted by Gasteiger charge is -2.26. The van der Waals surface area contributed by atoms with Crippen molar-refractivity contribution < 1.29 is 22.0 Å². The quantitative estimate of drug-likeness (QED) is 0.501. The van der Waals surface area contributed by atoms with Crippen molar-refractivity contribution >= 4 is 29.2 Å². The average molecular weight is 455 g/mol. The van der Waals surface area contributed by atoms with Crippen molar-refractivity contribution in [1.29, 1.82) is 0 Å². The van der Waals surface area contributed by atoms with E-state index in [0.29, 0.717) is 9.79 Å². The molecule has 158 valence electrons. The van der Waals surface area contributed by atoms with Crippen molar-refractivity contribution in [1.82, 2.24) is 0 Å². The predicted molar refractivity (Wildman–Crippen MR) is 117 cm³/mol. The number of rotatable bonds is 9. The van der Waals surface area contributed by atoms with Crippen molar-refractivity contribution in [2.24, 2.45) is 0 Å². The zero-order valence-electron chi connectivity index (χ0n) is 17.1. The summed E-state index contributed by atoms with van der Waals surface area (Å²) in [5.41, 5.74) is 2.10. The van der Waals surface area contributed by atoms with E-state index in [2.05, 4.69) is 0 Å². The maximum absolute atomic E-state index is 13.8. The molecule has 2 unspecified atom stereocenters. The molecule has 1 aliphatic carbocycles. The molecule has 2 aromatic carbocycles. The average Bonchev–Trinajstić information content (AvgIpc) is 3.46. The van der Waals surface area contributed by atoms with Gasteiger partial charge in [0.15, 0.2) is 4.49 Å². The van der Waals surface area contributed by atoms with Crippen LogP contribution in [0, 0.1) is 13.8 Å². The monoisotopic (exact) mass is 454 g/mol. The molecule has 0 aliphatic heterocycles. The van der Waals surface area contributed by atoms with Gasteiger partial charge >= 0.3 is 7.60 Å². The molecule has 4 atom stereocenters. The maximum Gasteiger partial charge on any atom is 0.350 e. The highest BCUT2D eigenvalue weighted by Crippen LogP contribution is 2.75. The van der Waals surface area contributed by atoms with Gasteiger partial charge in [-0.2, -0.15) is 0 Å². The lowest BCUT2D eigenvalue weighted by molar-refractivity contribution is 0.216. The van der Waals surface area contributed by atoms with Gasteiger partial charge in [0.2, 0.25) is 0 Å². The van der Waals surface area contributed by atoms with Gasteiger partial charge in [-0.05, 0) is 58.4 Å². The van der Waals surface area contributed by atoms with Crippen LogP contribution < -0.4 is 0 Å². The largest absolute Gasteiger partial charge is 0.350 e. The van der Waals surface area contributed by atoms with Crippen LogP contribution in [0.2, 0.25) is 0 Å². The molecule has 0 saturated heterocycles. The first-order valence-corrected chi connectivity index (χ1v) is 13.5. The molecule has 0 N–H and O–H groups in total. The Morgan fingerprint density at radius 3 is 1.79 bits per heavy atom. The van der Waals surface area contributed by atoms with E-state index >= 15 is 0 Å². The summed E-state index contributed by atoms with van der Waals surface area (Å²) < 4.78 is 50.7. The molecule has 0 amide bonds. The minimum absolute atomic E-state index is 0.161. The molecular formula is C21H27O5PS2. The van der Waals surface area contributed by atoms with Crippen molar-refractivity contribution in [3.63, 3.8) is 0 Å². The van der Waals surface area contributed by atoms with Crippen molar-refractivity contribution in [3.05, 3.63) is 59.7 Å². The third-order valence-electron chi connectivity index (χ3n) is 4.95. The molecule has 2 aromatic rings. The molecule has 8 heteroatoms. The van der Waals surface area contributed by atoms with Crippen LogP contribution in [0.25, 0.3) is 0 Å². The van der Waals surface area contributed by atoms with Crippen molar-refractivity contribution in [2.45, 2.75) is 53.6 Å². The second-order valence-corrected chi connectivity index (χ2v) is 13.0. The first-order chi connectivity index (χ1) is 13.8. The summed E-state index contributed by atoms with van der Waals surface area (Å²) in [4.78, 5) is 1.17. The van der Waals surface area contributed by atoms with Crippen LogP contribution in [-0.4, -0.2) is 31.4 Å². The fourth-order valence-corrected chi connectivity index (χ4v) is 11.0. The SMILES string of the molecule is CCOP(=O)(OCC)[C@@]1(S(=O)c2ccc(C)cc2)C[C@@H]1S(=O)c1ccc(C)cc1. The van der Waals surface area contributed by atoms with Crippen LogP contribution in [0.3, 0.4) is 0 Å². The molecule has 3 rings (SSSR count). The smallest absolute Gasteiger partial charge is 0.308 e. The second-order valence-electron chi connectivity index (χ2n) is 7.06. The third kappa shape index (κ3) is 4.21. The summed E-state index contributed by atoms with van der Waals surface area (Å²) in [5.74, 6) is 0. The first kappa shape index (κ1) is 22.6. The molecule has 1 saturated carbocycles. The van der Waals surface area contributed by atoms with Crippen molar-refractivity contribution in [3.8, 4) is 0 Å². The standard InChI is InChI=1S/C21H27O5PS2/c1-5-25-27(22,26-6-2)21(29(24)19-13-9-17(4)10-14-19)15-20(21)28(23)18-11-7-16(3)8-12-18/h7-14,20H,5-6,15H2,1-4H3/t20-,21+,28?,29?/m0/s1. The summed E-state index contributed by atoms with van der Waals surface area (Å²) in [7, 11) is -6.96. The number of hydrogen-bond donors (Lipinski definition) is 0. The van der Waals surface area contributed by atoms with Gasteiger partial charge in [0.05, 0.1) is 40.1 Å². The van der Waals surface area contributed by atoms with E-state index in [0.717, 1.165) is 11.1 Å².